The second-order valence-electron chi connectivity index (χ2n) is 4.70. The van der Waals surface area contributed by atoms with Gasteiger partial charge in [0.25, 0.3) is 0 Å². The van der Waals surface area contributed by atoms with Crippen LogP contribution in [0.2, 0.25) is 0 Å². The van der Waals surface area contributed by atoms with E-state index in [2.05, 4.69) is 0 Å². The summed E-state index contributed by atoms with van der Waals surface area (Å²) in [5.74, 6) is -0.914. The van der Waals surface area contributed by atoms with E-state index in [-0.39, 0.29) is 12.2 Å². The number of halogens is 1. The first-order chi connectivity index (χ1) is 10.5. The first kappa shape index (κ1) is 15.7. The molecule has 0 atom stereocenters. The number of hydrogen-bond donors (Lipinski definition) is 0. The molecule has 0 heterocycles. The number of ether oxygens (including phenoxy) is 2. The fourth-order valence-corrected chi connectivity index (χ4v) is 1.75. The fourth-order valence-electron chi connectivity index (χ4n) is 1.75. The van der Waals surface area contributed by atoms with Gasteiger partial charge in [0, 0.05) is 5.56 Å². The SMILES string of the molecule is Cc1cccc(OCC(=O)OCC(=O)c2ccc(F)cc2)c1. The largest absolute Gasteiger partial charge is 0.482 e. The summed E-state index contributed by atoms with van der Waals surface area (Å²) in [5, 5.41) is 0. The molecule has 0 bridgehead atoms. The standard InChI is InChI=1S/C17H15FO4/c1-12-3-2-4-15(9-12)21-11-17(20)22-10-16(19)13-5-7-14(18)8-6-13/h2-9H,10-11H2,1H3. The first-order valence-corrected chi connectivity index (χ1v) is 6.68. The maximum Gasteiger partial charge on any atom is 0.344 e. The molecule has 0 amide bonds. The quantitative estimate of drug-likeness (QED) is 0.608. The number of aryl methyl sites for hydroxylation is 1. The maximum absolute atomic E-state index is 12.7. The predicted octanol–water partition coefficient (Wildman–Crippen LogP) is 2.94. The zero-order valence-corrected chi connectivity index (χ0v) is 12.0. The highest BCUT2D eigenvalue weighted by Gasteiger charge is 2.10. The molecule has 0 fully saturated rings. The van der Waals surface area contributed by atoms with E-state index >= 15 is 0 Å². The zero-order valence-electron chi connectivity index (χ0n) is 12.0. The van der Waals surface area contributed by atoms with Crippen LogP contribution >= 0.6 is 0 Å². The van der Waals surface area contributed by atoms with E-state index in [0.717, 1.165) is 5.56 Å². The van der Waals surface area contributed by atoms with Crippen molar-refractivity contribution in [3.05, 3.63) is 65.5 Å². The van der Waals surface area contributed by atoms with E-state index in [0.29, 0.717) is 5.75 Å². The third-order valence-corrected chi connectivity index (χ3v) is 2.88. The van der Waals surface area contributed by atoms with Crippen molar-refractivity contribution >= 4 is 11.8 Å². The molecule has 0 aliphatic rings. The number of Topliss-reactive ketones (excluding diaryl/α,β-unsaturated/α-hetero) is 1. The smallest absolute Gasteiger partial charge is 0.344 e. The lowest BCUT2D eigenvalue weighted by atomic mass is 10.1. The van der Waals surface area contributed by atoms with Gasteiger partial charge in [-0.1, -0.05) is 12.1 Å². The minimum absolute atomic E-state index is 0.278. The number of carbonyl (C=O) groups excluding carboxylic acids is 2. The molecule has 0 N–H and O–H groups in total. The molecule has 0 aromatic heterocycles. The Morgan fingerprint density at radius 3 is 2.45 bits per heavy atom. The lowest BCUT2D eigenvalue weighted by Gasteiger charge is -2.07. The Kier molecular flexibility index (Phi) is 5.25. The molecule has 2 aromatic carbocycles. The van der Waals surface area contributed by atoms with Crippen LogP contribution < -0.4 is 4.74 Å². The van der Waals surface area contributed by atoms with E-state index in [1.54, 1.807) is 12.1 Å². The van der Waals surface area contributed by atoms with Crippen molar-refractivity contribution in [3.63, 3.8) is 0 Å². The van der Waals surface area contributed by atoms with E-state index in [1.807, 2.05) is 19.1 Å². The Hall–Kier alpha value is -2.69. The molecule has 2 rings (SSSR count). The molecule has 4 nitrogen and oxygen atoms in total. The molecule has 0 aliphatic heterocycles. The Morgan fingerprint density at radius 1 is 1.05 bits per heavy atom. The third-order valence-electron chi connectivity index (χ3n) is 2.88. The summed E-state index contributed by atoms with van der Waals surface area (Å²) < 4.78 is 22.8. The van der Waals surface area contributed by atoms with Gasteiger partial charge in [0.05, 0.1) is 0 Å². The number of rotatable bonds is 6. The summed E-state index contributed by atoms with van der Waals surface area (Å²) in [6, 6.07) is 12.3. The van der Waals surface area contributed by atoms with Crippen LogP contribution in [0, 0.1) is 12.7 Å². The molecule has 0 radical (unpaired) electrons. The predicted molar refractivity (Wildman–Crippen MR) is 78.4 cm³/mol. The number of benzene rings is 2. The van der Waals surface area contributed by atoms with Gasteiger partial charge in [-0.2, -0.15) is 0 Å². The molecule has 0 saturated heterocycles. The van der Waals surface area contributed by atoms with Gasteiger partial charge < -0.3 is 9.47 Å². The Labute approximate surface area is 127 Å². The van der Waals surface area contributed by atoms with Crippen molar-refractivity contribution in [1.82, 2.24) is 0 Å². The second kappa shape index (κ2) is 7.36. The molecule has 0 spiro atoms. The molecular formula is C17H15FO4. The average molecular weight is 302 g/mol. The fraction of sp³-hybridized carbons (Fsp3) is 0.176. The Bertz CT molecular complexity index is 665. The van der Waals surface area contributed by atoms with Crippen LogP contribution in [0.4, 0.5) is 4.39 Å². The highest BCUT2D eigenvalue weighted by atomic mass is 19.1. The van der Waals surface area contributed by atoms with Crippen LogP contribution in [-0.4, -0.2) is 25.0 Å². The van der Waals surface area contributed by atoms with Crippen LogP contribution in [0.3, 0.4) is 0 Å². The summed E-state index contributed by atoms with van der Waals surface area (Å²) in [6.45, 7) is 1.23. The molecule has 0 aliphatic carbocycles. The van der Waals surface area contributed by atoms with Crippen LogP contribution in [0.25, 0.3) is 0 Å². The van der Waals surface area contributed by atoms with Gasteiger partial charge in [-0.05, 0) is 48.9 Å². The van der Waals surface area contributed by atoms with E-state index in [4.69, 9.17) is 9.47 Å². The average Bonchev–Trinajstić information content (AvgIpc) is 2.51. The molecule has 0 unspecified atom stereocenters. The number of esters is 1. The summed E-state index contributed by atoms with van der Waals surface area (Å²) >= 11 is 0. The van der Waals surface area contributed by atoms with Crippen LogP contribution in [0.5, 0.6) is 5.75 Å². The molecule has 22 heavy (non-hydrogen) atoms. The molecule has 0 saturated carbocycles. The van der Waals surface area contributed by atoms with Crippen LogP contribution in [-0.2, 0) is 9.53 Å². The highest BCUT2D eigenvalue weighted by molar-refractivity contribution is 5.97. The van der Waals surface area contributed by atoms with Crippen LogP contribution in [0.1, 0.15) is 15.9 Å². The molecule has 114 valence electrons. The van der Waals surface area contributed by atoms with Crippen molar-refractivity contribution in [3.8, 4) is 5.75 Å². The number of carbonyl (C=O) groups is 2. The summed E-state index contributed by atoms with van der Waals surface area (Å²) in [6.07, 6.45) is 0. The normalized spacial score (nSPS) is 10.1. The Morgan fingerprint density at radius 2 is 1.77 bits per heavy atom. The lowest BCUT2D eigenvalue weighted by molar-refractivity contribution is -0.144. The second-order valence-corrected chi connectivity index (χ2v) is 4.70. The molecule has 5 heteroatoms. The third kappa shape index (κ3) is 4.70. The monoisotopic (exact) mass is 302 g/mol. The zero-order chi connectivity index (χ0) is 15.9. The number of hydrogen-bond acceptors (Lipinski definition) is 4. The van der Waals surface area contributed by atoms with E-state index in [9.17, 15) is 14.0 Å². The lowest BCUT2D eigenvalue weighted by Crippen LogP contribution is -2.19. The van der Waals surface area contributed by atoms with Crippen molar-refractivity contribution in [2.24, 2.45) is 0 Å². The van der Waals surface area contributed by atoms with Crippen molar-refractivity contribution in [1.29, 1.82) is 0 Å². The summed E-state index contributed by atoms with van der Waals surface area (Å²) in [7, 11) is 0. The van der Waals surface area contributed by atoms with Gasteiger partial charge in [-0.15, -0.1) is 0 Å². The van der Waals surface area contributed by atoms with E-state index in [1.165, 1.54) is 24.3 Å². The van der Waals surface area contributed by atoms with Crippen molar-refractivity contribution in [2.75, 3.05) is 13.2 Å². The number of ketones is 1. The van der Waals surface area contributed by atoms with E-state index < -0.39 is 24.2 Å². The van der Waals surface area contributed by atoms with Gasteiger partial charge in [0.15, 0.2) is 19.0 Å². The highest BCUT2D eigenvalue weighted by Crippen LogP contribution is 2.12. The maximum atomic E-state index is 12.7. The van der Waals surface area contributed by atoms with Crippen molar-refractivity contribution < 1.29 is 23.5 Å². The molecular weight excluding hydrogens is 287 g/mol. The minimum Gasteiger partial charge on any atom is -0.482 e. The van der Waals surface area contributed by atoms with Gasteiger partial charge >= 0.3 is 5.97 Å². The topological polar surface area (TPSA) is 52.6 Å². The minimum atomic E-state index is -0.642. The van der Waals surface area contributed by atoms with Gasteiger partial charge in [0.2, 0.25) is 0 Å². The van der Waals surface area contributed by atoms with Gasteiger partial charge in [-0.3, -0.25) is 4.79 Å². The Balaban J connectivity index is 1.78. The van der Waals surface area contributed by atoms with Gasteiger partial charge in [0.1, 0.15) is 11.6 Å². The molecule has 2 aromatic rings. The van der Waals surface area contributed by atoms with Crippen LogP contribution in [0.15, 0.2) is 48.5 Å². The summed E-state index contributed by atoms with van der Waals surface area (Å²) in [5.41, 5.74) is 1.30. The summed E-state index contributed by atoms with van der Waals surface area (Å²) in [4.78, 5) is 23.3. The first-order valence-electron chi connectivity index (χ1n) is 6.68. The van der Waals surface area contributed by atoms with Crippen molar-refractivity contribution in [2.45, 2.75) is 6.92 Å². The van der Waals surface area contributed by atoms with Gasteiger partial charge in [-0.25, -0.2) is 9.18 Å².